The molecule has 4 heteroatoms. The van der Waals surface area contributed by atoms with E-state index in [4.69, 9.17) is 17.3 Å². The van der Waals surface area contributed by atoms with Gasteiger partial charge in [-0.15, -0.1) is 0 Å². The van der Waals surface area contributed by atoms with Crippen molar-refractivity contribution in [1.29, 1.82) is 0 Å². The molecule has 0 unspecified atom stereocenters. The van der Waals surface area contributed by atoms with E-state index in [0.29, 0.717) is 19.5 Å². The molecule has 0 bridgehead atoms. The summed E-state index contributed by atoms with van der Waals surface area (Å²) >= 11 is 5.82. The van der Waals surface area contributed by atoms with Gasteiger partial charge in [0, 0.05) is 25.0 Å². The van der Waals surface area contributed by atoms with Crippen molar-refractivity contribution in [1.82, 2.24) is 4.90 Å². The molecule has 100 valence electrons. The smallest absolute Gasteiger partial charge is 0.222 e. The summed E-state index contributed by atoms with van der Waals surface area (Å²) in [4.78, 5) is 13.6. The first-order valence-corrected chi connectivity index (χ1v) is 6.69. The molecule has 0 atom stereocenters. The Morgan fingerprint density at radius 3 is 2.50 bits per heavy atom. The van der Waals surface area contributed by atoms with Crippen LogP contribution < -0.4 is 5.73 Å². The van der Waals surface area contributed by atoms with Crippen LogP contribution in [0.4, 0.5) is 0 Å². The van der Waals surface area contributed by atoms with Crippen molar-refractivity contribution in [3.05, 3.63) is 34.9 Å². The Hall–Kier alpha value is -1.06. The summed E-state index contributed by atoms with van der Waals surface area (Å²) in [5.74, 6) is 0.182. The first kappa shape index (κ1) is 15.0. The van der Waals surface area contributed by atoms with E-state index in [2.05, 4.69) is 0 Å². The van der Waals surface area contributed by atoms with Gasteiger partial charge in [-0.05, 0) is 37.1 Å². The zero-order chi connectivity index (χ0) is 13.4. The molecule has 0 aromatic heterocycles. The highest BCUT2D eigenvalue weighted by atomic mass is 35.5. The summed E-state index contributed by atoms with van der Waals surface area (Å²) in [5, 5.41) is 0.717. The maximum absolute atomic E-state index is 11.8. The lowest BCUT2D eigenvalue weighted by Gasteiger charge is -2.17. The molecule has 0 aliphatic carbocycles. The molecular formula is C14H21ClN2O. The van der Waals surface area contributed by atoms with Gasteiger partial charge in [0.05, 0.1) is 0 Å². The average molecular weight is 269 g/mol. The van der Waals surface area contributed by atoms with Crippen LogP contribution in [0.25, 0.3) is 0 Å². The SMILES string of the molecule is CN(Cc1ccc(Cl)cc1)C(=O)CCCCCN. The number of nitrogens with two attached hydrogens (primary N) is 1. The molecule has 1 rings (SSSR count). The average Bonchev–Trinajstić information content (AvgIpc) is 2.37. The Morgan fingerprint density at radius 1 is 1.22 bits per heavy atom. The van der Waals surface area contributed by atoms with Crippen molar-refractivity contribution in [2.24, 2.45) is 5.73 Å². The largest absolute Gasteiger partial charge is 0.341 e. The zero-order valence-corrected chi connectivity index (χ0v) is 11.6. The highest BCUT2D eigenvalue weighted by Gasteiger charge is 2.08. The van der Waals surface area contributed by atoms with Crippen LogP contribution in [0, 0.1) is 0 Å². The second-order valence-electron chi connectivity index (χ2n) is 4.48. The minimum Gasteiger partial charge on any atom is -0.341 e. The molecule has 1 amide bonds. The molecule has 0 radical (unpaired) electrons. The Balaban J connectivity index is 2.33. The topological polar surface area (TPSA) is 46.3 Å². The fourth-order valence-corrected chi connectivity index (χ4v) is 1.87. The summed E-state index contributed by atoms with van der Waals surface area (Å²) in [7, 11) is 1.83. The quantitative estimate of drug-likeness (QED) is 0.773. The lowest BCUT2D eigenvalue weighted by atomic mass is 10.1. The number of nitrogens with zero attached hydrogens (tertiary/aromatic N) is 1. The molecule has 0 saturated carbocycles. The molecule has 3 nitrogen and oxygen atoms in total. The first-order valence-electron chi connectivity index (χ1n) is 6.32. The van der Waals surface area contributed by atoms with Gasteiger partial charge in [0.15, 0.2) is 0 Å². The van der Waals surface area contributed by atoms with Crippen molar-refractivity contribution in [3.63, 3.8) is 0 Å². The number of amides is 1. The molecule has 18 heavy (non-hydrogen) atoms. The molecule has 0 spiro atoms. The Morgan fingerprint density at radius 2 is 1.89 bits per heavy atom. The minimum atomic E-state index is 0.182. The minimum absolute atomic E-state index is 0.182. The van der Waals surface area contributed by atoms with E-state index in [-0.39, 0.29) is 5.91 Å². The van der Waals surface area contributed by atoms with Crippen LogP contribution in [0.5, 0.6) is 0 Å². The summed E-state index contributed by atoms with van der Waals surface area (Å²) in [6.07, 6.45) is 3.54. The highest BCUT2D eigenvalue weighted by molar-refractivity contribution is 6.30. The second-order valence-corrected chi connectivity index (χ2v) is 4.91. The summed E-state index contributed by atoms with van der Waals surface area (Å²) in [5.41, 5.74) is 6.51. The number of rotatable bonds is 7. The third-order valence-corrected chi connectivity index (χ3v) is 3.11. The van der Waals surface area contributed by atoms with Gasteiger partial charge >= 0.3 is 0 Å². The second kappa shape index (κ2) is 8.11. The molecule has 1 aromatic carbocycles. The molecule has 0 aliphatic rings. The maximum atomic E-state index is 11.8. The van der Waals surface area contributed by atoms with E-state index in [9.17, 15) is 4.79 Å². The standard InChI is InChI=1S/C14H21ClN2O/c1-17(14(18)5-3-2-4-10-16)11-12-6-8-13(15)9-7-12/h6-9H,2-5,10-11,16H2,1H3. The molecule has 0 fully saturated rings. The molecule has 1 aromatic rings. The van der Waals surface area contributed by atoms with Crippen LogP contribution in [0.1, 0.15) is 31.2 Å². The number of unbranched alkanes of at least 4 members (excludes halogenated alkanes) is 2. The predicted molar refractivity (Wildman–Crippen MR) is 75.4 cm³/mol. The molecular weight excluding hydrogens is 248 g/mol. The summed E-state index contributed by atoms with van der Waals surface area (Å²) in [6, 6.07) is 7.58. The lowest BCUT2D eigenvalue weighted by Crippen LogP contribution is -2.25. The number of hydrogen-bond donors (Lipinski definition) is 1. The van der Waals surface area contributed by atoms with E-state index < -0.39 is 0 Å². The van der Waals surface area contributed by atoms with Crippen molar-refractivity contribution in [2.75, 3.05) is 13.6 Å². The zero-order valence-electron chi connectivity index (χ0n) is 10.9. The Bertz CT molecular complexity index is 365. The monoisotopic (exact) mass is 268 g/mol. The van der Waals surface area contributed by atoms with Gasteiger partial charge in [-0.3, -0.25) is 4.79 Å². The van der Waals surface area contributed by atoms with Gasteiger partial charge in [0.1, 0.15) is 0 Å². The summed E-state index contributed by atoms with van der Waals surface area (Å²) in [6.45, 7) is 1.34. The normalized spacial score (nSPS) is 10.4. The van der Waals surface area contributed by atoms with Gasteiger partial charge in [0.2, 0.25) is 5.91 Å². The van der Waals surface area contributed by atoms with E-state index in [1.54, 1.807) is 4.90 Å². The Labute approximate surface area is 114 Å². The molecule has 2 N–H and O–H groups in total. The number of carbonyl (C=O) groups excluding carboxylic acids is 1. The Kier molecular flexibility index (Phi) is 6.76. The lowest BCUT2D eigenvalue weighted by molar-refractivity contribution is -0.130. The maximum Gasteiger partial charge on any atom is 0.222 e. The number of benzene rings is 1. The van der Waals surface area contributed by atoms with Crippen LogP contribution in [0.3, 0.4) is 0 Å². The van der Waals surface area contributed by atoms with E-state index in [0.717, 1.165) is 29.8 Å². The third kappa shape index (κ3) is 5.52. The first-order chi connectivity index (χ1) is 8.63. The van der Waals surface area contributed by atoms with Crippen LogP contribution in [0.15, 0.2) is 24.3 Å². The van der Waals surface area contributed by atoms with Gasteiger partial charge < -0.3 is 10.6 Å². The number of carbonyl (C=O) groups is 1. The molecule has 0 heterocycles. The molecule has 0 saturated heterocycles. The van der Waals surface area contributed by atoms with Gasteiger partial charge in [-0.25, -0.2) is 0 Å². The van der Waals surface area contributed by atoms with Crippen molar-refractivity contribution in [2.45, 2.75) is 32.2 Å². The van der Waals surface area contributed by atoms with Gasteiger partial charge in [-0.1, -0.05) is 30.2 Å². The van der Waals surface area contributed by atoms with E-state index in [1.807, 2.05) is 31.3 Å². The van der Waals surface area contributed by atoms with Crippen LogP contribution in [-0.4, -0.2) is 24.4 Å². The molecule has 0 aliphatic heterocycles. The van der Waals surface area contributed by atoms with E-state index >= 15 is 0 Å². The van der Waals surface area contributed by atoms with E-state index in [1.165, 1.54) is 0 Å². The van der Waals surface area contributed by atoms with Gasteiger partial charge in [-0.2, -0.15) is 0 Å². The van der Waals surface area contributed by atoms with Crippen molar-refractivity contribution >= 4 is 17.5 Å². The highest BCUT2D eigenvalue weighted by Crippen LogP contribution is 2.11. The fraction of sp³-hybridized carbons (Fsp3) is 0.500. The van der Waals surface area contributed by atoms with Gasteiger partial charge in [0.25, 0.3) is 0 Å². The van der Waals surface area contributed by atoms with Crippen molar-refractivity contribution < 1.29 is 4.79 Å². The van der Waals surface area contributed by atoms with Crippen LogP contribution in [-0.2, 0) is 11.3 Å². The van der Waals surface area contributed by atoms with Crippen LogP contribution >= 0.6 is 11.6 Å². The number of halogens is 1. The van der Waals surface area contributed by atoms with Crippen molar-refractivity contribution in [3.8, 4) is 0 Å². The van der Waals surface area contributed by atoms with Crippen LogP contribution in [0.2, 0.25) is 5.02 Å². The summed E-state index contributed by atoms with van der Waals surface area (Å²) < 4.78 is 0. The third-order valence-electron chi connectivity index (χ3n) is 2.85. The number of hydrogen-bond acceptors (Lipinski definition) is 2. The predicted octanol–water partition coefficient (Wildman–Crippen LogP) is 2.82. The fourth-order valence-electron chi connectivity index (χ4n) is 1.74.